The van der Waals surface area contributed by atoms with Crippen LogP contribution in [0.2, 0.25) is 5.02 Å². The second-order valence-electron chi connectivity index (χ2n) is 5.96. The molecule has 0 spiro atoms. The fourth-order valence-corrected chi connectivity index (χ4v) is 3.33. The van der Waals surface area contributed by atoms with Crippen molar-refractivity contribution in [1.82, 2.24) is 9.97 Å². The largest absolute Gasteiger partial charge is 0.372 e. The number of imidazole rings is 1. The summed E-state index contributed by atoms with van der Waals surface area (Å²) in [5.41, 5.74) is 3.16. The van der Waals surface area contributed by atoms with Crippen LogP contribution in [-0.2, 0) is 0 Å². The quantitative estimate of drug-likeness (QED) is 0.716. The maximum absolute atomic E-state index is 14.3. The minimum atomic E-state index is -0.268. The molecule has 2 heterocycles. The fourth-order valence-electron chi connectivity index (χ4n) is 3.15. The van der Waals surface area contributed by atoms with Gasteiger partial charge in [0, 0.05) is 23.8 Å². The molecular formula is C18H17ClFN3. The monoisotopic (exact) mass is 329 g/mol. The molecule has 0 aliphatic carbocycles. The van der Waals surface area contributed by atoms with Gasteiger partial charge in [0.05, 0.1) is 16.6 Å². The van der Waals surface area contributed by atoms with Gasteiger partial charge in [-0.2, -0.15) is 0 Å². The Morgan fingerprint density at radius 1 is 1.04 bits per heavy atom. The Bertz CT molecular complexity index is 853. The van der Waals surface area contributed by atoms with Gasteiger partial charge in [-0.1, -0.05) is 11.6 Å². The van der Waals surface area contributed by atoms with E-state index in [1.54, 1.807) is 12.1 Å². The molecule has 0 radical (unpaired) electrons. The van der Waals surface area contributed by atoms with Crippen molar-refractivity contribution in [1.29, 1.82) is 0 Å². The van der Waals surface area contributed by atoms with E-state index in [9.17, 15) is 4.39 Å². The molecule has 0 saturated carbocycles. The van der Waals surface area contributed by atoms with Crippen LogP contribution in [0.15, 0.2) is 36.4 Å². The smallest absolute Gasteiger partial charge is 0.141 e. The van der Waals surface area contributed by atoms with Gasteiger partial charge in [-0.15, -0.1) is 0 Å². The van der Waals surface area contributed by atoms with Crippen molar-refractivity contribution in [2.45, 2.75) is 19.3 Å². The van der Waals surface area contributed by atoms with E-state index in [1.165, 1.54) is 25.3 Å². The number of rotatable bonds is 2. The molecule has 2 aromatic carbocycles. The molecule has 0 amide bonds. The van der Waals surface area contributed by atoms with E-state index in [1.807, 2.05) is 18.2 Å². The summed E-state index contributed by atoms with van der Waals surface area (Å²) < 4.78 is 14.3. The minimum absolute atomic E-state index is 0.268. The summed E-state index contributed by atoms with van der Waals surface area (Å²) in [7, 11) is 0. The van der Waals surface area contributed by atoms with Gasteiger partial charge in [-0.3, -0.25) is 0 Å². The second kappa shape index (κ2) is 5.85. The number of fused-ring (bicyclic) bond motifs is 1. The van der Waals surface area contributed by atoms with Gasteiger partial charge in [0.25, 0.3) is 0 Å². The number of halogens is 2. The number of H-pyrrole nitrogens is 1. The normalized spacial score (nSPS) is 15.3. The third-order valence-corrected chi connectivity index (χ3v) is 4.61. The molecule has 1 N–H and O–H groups in total. The Morgan fingerprint density at radius 3 is 2.70 bits per heavy atom. The summed E-state index contributed by atoms with van der Waals surface area (Å²) >= 11 is 6.00. The van der Waals surface area contributed by atoms with E-state index in [2.05, 4.69) is 14.9 Å². The Hall–Kier alpha value is -2.07. The highest BCUT2D eigenvalue weighted by Gasteiger charge is 2.15. The first-order valence-electron chi connectivity index (χ1n) is 7.91. The van der Waals surface area contributed by atoms with Gasteiger partial charge in [-0.05, 0) is 55.7 Å². The Morgan fingerprint density at radius 2 is 1.87 bits per heavy atom. The summed E-state index contributed by atoms with van der Waals surface area (Å²) in [6.07, 6.45) is 3.65. The van der Waals surface area contributed by atoms with Crippen LogP contribution >= 0.6 is 11.6 Å². The van der Waals surface area contributed by atoms with Gasteiger partial charge < -0.3 is 9.88 Å². The van der Waals surface area contributed by atoms with Crippen LogP contribution in [0.25, 0.3) is 22.4 Å². The van der Waals surface area contributed by atoms with Crippen molar-refractivity contribution in [3.8, 4) is 11.4 Å². The number of nitrogens with zero attached hydrogens (tertiary/aromatic N) is 2. The van der Waals surface area contributed by atoms with Crippen molar-refractivity contribution < 1.29 is 4.39 Å². The lowest BCUT2D eigenvalue weighted by Crippen LogP contribution is -2.29. The fraction of sp³-hybridized carbons (Fsp3) is 0.278. The Labute approximate surface area is 139 Å². The number of hydrogen-bond acceptors (Lipinski definition) is 2. The van der Waals surface area contributed by atoms with E-state index < -0.39 is 0 Å². The number of piperidine rings is 1. The topological polar surface area (TPSA) is 31.9 Å². The molecule has 1 saturated heterocycles. The molecular weight excluding hydrogens is 313 g/mol. The molecule has 0 unspecified atom stereocenters. The first-order chi connectivity index (χ1) is 11.2. The molecule has 1 fully saturated rings. The zero-order valence-corrected chi connectivity index (χ0v) is 13.4. The molecule has 0 atom stereocenters. The molecule has 3 nitrogen and oxygen atoms in total. The first-order valence-corrected chi connectivity index (χ1v) is 8.29. The molecule has 118 valence electrons. The average molecular weight is 330 g/mol. The number of aromatic nitrogens is 2. The molecule has 1 aliphatic rings. The number of hydrogen-bond donors (Lipinski definition) is 1. The average Bonchev–Trinajstić information content (AvgIpc) is 2.99. The van der Waals surface area contributed by atoms with Crippen molar-refractivity contribution >= 4 is 28.3 Å². The summed E-state index contributed by atoms with van der Waals surface area (Å²) in [5.74, 6) is 0.273. The molecule has 1 aliphatic heterocycles. The second-order valence-corrected chi connectivity index (χ2v) is 6.40. The molecule has 1 aromatic heterocycles. The maximum atomic E-state index is 14.3. The van der Waals surface area contributed by atoms with Crippen LogP contribution in [0.5, 0.6) is 0 Å². The van der Waals surface area contributed by atoms with Crippen LogP contribution in [0.1, 0.15) is 19.3 Å². The van der Waals surface area contributed by atoms with Gasteiger partial charge in [0.2, 0.25) is 0 Å². The number of benzene rings is 2. The molecule has 5 heteroatoms. The standard InChI is InChI=1S/C18H17ClFN3/c19-12-4-7-16-17(10-12)22-18(21-16)14-11-13(5-6-15(14)20)23-8-2-1-3-9-23/h4-7,10-11H,1-3,8-9H2,(H,21,22). The van der Waals surface area contributed by atoms with Crippen molar-refractivity contribution in [3.63, 3.8) is 0 Å². The lowest BCUT2D eigenvalue weighted by molar-refractivity contribution is 0.576. The van der Waals surface area contributed by atoms with Gasteiger partial charge in [-0.25, -0.2) is 9.37 Å². The van der Waals surface area contributed by atoms with Crippen molar-refractivity contribution in [2.75, 3.05) is 18.0 Å². The van der Waals surface area contributed by atoms with Crippen molar-refractivity contribution in [2.24, 2.45) is 0 Å². The van der Waals surface area contributed by atoms with Gasteiger partial charge in [0.1, 0.15) is 11.6 Å². The van der Waals surface area contributed by atoms with Gasteiger partial charge >= 0.3 is 0 Å². The summed E-state index contributed by atoms with van der Waals surface area (Å²) in [6.45, 7) is 2.06. The van der Waals surface area contributed by atoms with Gasteiger partial charge in [0.15, 0.2) is 0 Å². The zero-order valence-electron chi connectivity index (χ0n) is 12.6. The predicted molar refractivity (Wildman–Crippen MR) is 92.6 cm³/mol. The lowest BCUT2D eigenvalue weighted by Gasteiger charge is -2.29. The van der Waals surface area contributed by atoms with Crippen LogP contribution in [0.4, 0.5) is 10.1 Å². The summed E-state index contributed by atoms with van der Waals surface area (Å²) in [5, 5.41) is 0.634. The predicted octanol–water partition coefficient (Wildman–Crippen LogP) is 5.01. The van der Waals surface area contributed by atoms with E-state index >= 15 is 0 Å². The zero-order chi connectivity index (χ0) is 15.8. The summed E-state index contributed by atoms with van der Waals surface area (Å²) in [4.78, 5) is 9.98. The highest BCUT2D eigenvalue weighted by atomic mass is 35.5. The first kappa shape index (κ1) is 14.5. The van der Waals surface area contributed by atoms with E-state index in [4.69, 9.17) is 11.6 Å². The highest BCUT2D eigenvalue weighted by Crippen LogP contribution is 2.29. The van der Waals surface area contributed by atoms with E-state index in [0.717, 1.165) is 29.8 Å². The SMILES string of the molecule is Fc1ccc(N2CCCCC2)cc1-c1nc2ccc(Cl)cc2[nH]1. The molecule has 0 bridgehead atoms. The molecule has 4 rings (SSSR count). The number of anilines is 1. The van der Waals surface area contributed by atoms with Crippen LogP contribution in [0.3, 0.4) is 0 Å². The van der Waals surface area contributed by atoms with E-state index in [-0.39, 0.29) is 5.82 Å². The lowest BCUT2D eigenvalue weighted by atomic mass is 10.1. The maximum Gasteiger partial charge on any atom is 0.141 e. The highest BCUT2D eigenvalue weighted by molar-refractivity contribution is 6.31. The molecule has 23 heavy (non-hydrogen) atoms. The Balaban J connectivity index is 1.76. The molecule has 3 aromatic rings. The number of aromatic amines is 1. The van der Waals surface area contributed by atoms with Crippen LogP contribution in [-0.4, -0.2) is 23.1 Å². The van der Waals surface area contributed by atoms with E-state index in [0.29, 0.717) is 16.4 Å². The number of nitrogens with one attached hydrogen (secondary N) is 1. The third kappa shape index (κ3) is 2.79. The third-order valence-electron chi connectivity index (χ3n) is 4.37. The Kier molecular flexibility index (Phi) is 3.69. The summed E-state index contributed by atoms with van der Waals surface area (Å²) in [6, 6.07) is 10.7. The van der Waals surface area contributed by atoms with Crippen LogP contribution < -0.4 is 4.90 Å². The minimum Gasteiger partial charge on any atom is -0.372 e. The van der Waals surface area contributed by atoms with Crippen LogP contribution in [0, 0.1) is 5.82 Å². The van der Waals surface area contributed by atoms with Crippen molar-refractivity contribution in [3.05, 3.63) is 47.2 Å².